The van der Waals surface area contributed by atoms with Crippen LogP contribution in [0.5, 0.6) is 0 Å². The summed E-state index contributed by atoms with van der Waals surface area (Å²) in [5.74, 6) is 0. The van der Waals surface area contributed by atoms with E-state index in [-0.39, 0.29) is 13.3 Å². The fraction of sp³-hybridized carbons (Fsp3) is 1.00. The van der Waals surface area contributed by atoms with E-state index in [4.69, 9.17) is 10.8 Å². The molecule has 66 valence electrons. The lowest BCUT2D eigenvalue weighted by molar-refractivity contribution is 0.215. The van der Waals surface area contributed by atoms with Crippen molar-refractivity contribution in [3.8, 4) is 0 Å². The highest BCUT2D eigenvalue weighted by molar-refractivity contribution is 7.33. The van der Waals surface area contributed by atoms with Crippen molar-refractivity contribution < 1.29 is 18.7 Å². The van der Waals surface area contributed by atoms with E-state index in [0.29, 0.717) is 19.4 Å². The summed E-state index contributed by atoms with van der Waals surface area (Å²) in [6, 6.07) is 0. The van der Waals surface area contributed by atoms with Crippen molar-refractivity contribution in [3.05, 3.63) is 0 Å². The highest BCUT2D eigenvalue weighted by Gasteiger charge is 2.17. The Bertz CT molecular complexity index is 111. The molecule has 0 heterocycles. The van der Waals surface area contributed by atoms with E-state index >= 15 is 0 Å². The number of unbranched alkanes of at least 4 members (excludes halogenated alkanes) is 1. The lowest BCUT2D eigenvalue weighted by Gasteiger charge is -1.89. The molecule has 0 aromatic heterocycles. The summed E-state index contributed by atoms with van der Waals surface area (Å²) in [6.45, 7) is 0.350. The highest BCUT2D eigenvalue weighted by Crippen LogP contribution is 2.22. The lowest BCUT2D eigenvalue weighted by atomic mass is 10.3. The van der Waals surface area contributed by atoms with Gasteiger partial charge < -0.3 is 10.8 Å². The van der Waals surface area contributed by atoms with Crippen LogP contribution in [0.3, 0.4) is 0 Å². The number of nitrogens with two attached hydrogens (primary N) is 1. The molecule has 0 saturated carbocycles. The first kappa shape index (κ1) is 10.9. The standard InChI is InChI=1S/C5H13NO4P/c6-5-10-11(8)9-4-2-1-3-7/h7H,1-6H2/q+1. The van der Waals surface area contributed by atoms with Crippen molar-refractivity contribution in [2.75, 3.05) is 19.9 Å². The van der Waals surface area contributed by atoms with Crippen molar-refractivity contribution in [1.29, 1.82) is 0 Å². The molecule has 3 N–H and O–H groups in total. The molecule has 0 aliphatic carbocycles. The number of rotatable bonds is 7. The monoisotopic (exact) mass is 182 g/mol. The first-order valence-corrected chi connectivity index (χ1v) is 4.44. The van der Waals surface area contributed by atoms with Crippen LogP contribution in [0.1, 0.15) is 12.8 Å². The largest absolute Gasteiger partial charge is 0.698 e. The van der Waals surface area contributed by atoms with Crippen LogP contribution in [-0.4, -0.2) is 25.1 Å². The Kier molecular flexibility index (Phi) is 8.00. The van der Waals surface area contributed by atoms with Gasteiger partial charge in [0.25, 0.3) is 0 Å². The van der Waals surface area contributed by atoms with Crippen molar-refractivity contribution in [1.82, 2.24) is 0 Å². The molecular formula is C5H13NO4P+. The summed E-state index contributed by atoms with van der Waals surface area (Å²) >= 11 is 0. The first-order valence-electron chi connectivity index (χ1n) is 3.35. The maximum atomic E-state index is 10.6. The molecule has 0 rings (SSSR count). The molecule has 11 heavy (non-hydrogen) atoms. The Hall–Kier alpha value is -0.0600. The molecule has 0 aromatic carbocycles. The Labute approximate surface area is 66.4 Å². The predicted molar refractivity (Wildman–Crippen MR) is 40.0 cm³/mol. The minimum absolute atomic E-state index is 0.102. The third-order valence-electron chi connectivity index (χ3n) is 0.929. The Morgan fingerprint density at radius 2 is 2.09 bits per heavy atom. The van der Waals surface area contributed by atoms with E-state index in [2.05, 4.69) is 9.05 Å². The molecule has 0 spiro atoms. The average Bonchev–Trinajstić information content (AvgIpc) is 1.99. The normalized spacial score (nSPS) is 11.6. The van der Waals surface area contributed by atoms with Gasteiger partial charge in [-0.2, -0.15) is 0 Å². The van der Waals surface area contributed by atoms with Crippen molar-refractivity contribution in [2.45, 2.75) is 12.8 Å². The molecule has 0 bridgehead atoms. The maximum absolute atomic E-state index is 10.6. The molecule has 0 amide bonds. The van der Waals surface area contributed by atoms with Gasteiger partial charge >= 0.3 is 8.25 Å². The second kappa shape index (κ2) is 8.04. The van der Waals surface area contributed by atoms with Crippen LogP contribution in [0, 0.1) is 0 Å². The zero-order valence-electron chi connectivity index (χ0n) is 6.23. The van der Waals surface area contributed by atoms with Gasteiger partial charge in [-0.25, -0.2) is 0 Å². The quantitative estimate of drug-likeness (QED) is 0.337. The van der Waals surface area contributed by atoms with Gasteiger partial charge in [-0.15, -0.1) is 9.05 Å². The fourth-order valence-electron chi connectivity index (χ4n) is 0.451. The third kappa shape index (κ3) is 7.84. The van der Waals surface area contributed by atoms with E-state index in [1.807, 2.05) is 0 Å². The van der Waals surface area contributed by atoms with Crippen LogP contribution in [0.4, 0.5) is 0 Å². The fourth-order valence-corrected chi connectivity index (χ4v) is 0.925. The van der Waals surface area contributed by atoms with Crippen molar-refractivity contribution in [3.63, 3.8) is 0 Å². The van der Waals surface area contributed by atoms with E-state index in [1.165, 1.54) is 0 Å². The first-order chi connectivity index (χ1) is 5.31. The molecular weight excluding hydrogens is 169 g/mol. The minimum Gasteiger partial charge on any atom is -0.396 e. The number of hydrogen-bond donors (Lipinski definition) is 2. The Balaban J connectivity index is 3.04. The second-order valence-corrected chi connectivity index (χ2v) is 2.75. The van der Waals surface area contributed by atoms with Crippen LogP contribution < -0.4 is 5.73 Å². The molecule has 6 heteroatoms. The zero-order valence-corrected chi connectivity index (χ0v) is 7.13. The SMILES string of the molecule is NCO[P+](=O)OCCCCO. The van der Waals surface area contributed by atoms with Crippen LogP contribution in [-0.2, 0) is 13.6 Å². The average molecular weight is 182 g/mol. The summed E-state index contributed by atoms with van der Waals surface area (Å²) in [4.78, 5) is 0. The van der Waals surface area contributed by atoms with Gasteiger partial charge in [-0.3, -0.25) is 0 Å². The molecule has 5 nitrogen and oxygen atoms in total. The van der Waals surface area contributed by atoms with Crippen LogP contribution in [0.25, 0.3) is 0 Å². The second-order valence-electron chi connectivity index (χ2n) is 1.78. The van der Waals surface area contributed by atoms with Gasteiger partial charge in [0.05, 0.1) is 0 Å². The molecule has 1 atom stereocenters. The van der Waals surface area contributed by atoms with Crippen molar-refractivity contribution >= 4 is 8.25 Å². The zero-order chi connectivity index (χ0) is 8.53. The summed E-state index contributed by atoms with van der Waals surface area (Å²) in [7, 11) is -2.05. The Morgan fingerprint density at radius 1 is 1.36 bits per heavy atom. The predicted octanol–water partition coefficient (Wildman–Crippen LogP) is 0.366. The molecule has 1 unspecified atom stereocenters. The topological polar surface area (TPSA) is 81.8 Å². The van der Waals surface area contributed by atoms with Crippen LogP contribution in [0.15, 0.2) is 0 Å². The number of aliphatic hydroxyl groups excluding tert-OH is 1. The molecule has 0 fully saturated rings. The summed E-state index contributed by atoms with van der Waals surface area (Å²) in [5.41, 5.74) is 4.93. The number of hydrogen-bond acceptors (Lipinski definition) is 5. The van der Waals surface area contributed by atoms with E-state index in [9.17, 15) is 4.57 Å². The number of aliphatic hydroxyl groups is 1. The van der Waals surface area contributed by atoms with Crippen molar-refractivity contribution in [2.24, 2.45) is 5.73 Å². The molecule has 0 aromatic rings. The molecule has 0 aliphatic heterocycles. The summed E-state index contributed by atoms with van der Waals surface area (Å²) in [6.07, 6.45) is 1.32. The van der Waals surface area contributed by atoms with Gasteiger partial charge in [0.1, 0.15) is 6.61 Å². The van der Waals surface area contributed by atoms with Gasteiger partial charge in [-0.1, -0.05) is 0 Å². The van der Waals surface area contributed by atoms with E-state index < -0.39 is 8.25 Å². The smallest absolute Gasteiger partial charge is 0.396 e. The van der Waals surface area contributed by atoms with Gasteiger partial charge in [-0.05, 0) is 12.8 Å². The van der Waals surface area contributed by atoms with E-state index in [1.54, 1.807) is 0 Å². The third-order valence-corrected chi connectivity index (χ3v) is 1.68. The molecule has 0 saturated heterocycles. The maximum Gasteiger partial charge on any atom is 0.698 e. The molecule has 0 radical (unpaired) electrons. The van der Waals surface area contributed by atoms with Gasteiger partial charge in [0.2, 0.25) is 0 Å². The van der Waals surface area contributed by atoms with Crippen LogP contribution in [0.2, 0.25) is 0 Å². The minimum atomic E-state index is -2.05. The summed E-state index contributed by atoms with van der Waals surface area (Å²) in [5, 5.41) is 8.36. The van der Waals surface area contributed by atoms with Gasteiger partial charge in [0, 0.05) is 11.2 Å². The summed E-state index contributed by atoms with van der Waals surface area (Å²) < 4.78 is 19.7. The van der Waals surface area contributed by atoms with Gasteiger partial charge in [0.15, 0.2) is 6.73 Å². The Morgan fingerprint density at radius 3 is 2.64 bits per heavy atom. The van der Waals surface area contributed by atoms with E-state index in [0.717, 1.165) is 0 Å². The lowest BCUT2D eigenvalue weighted by Crippen LogP contribution is -2.00. The van der Waals surface area contributed by atoms with Crippen LogP contribution >= 0.6 is 8.25 Å². The molecule has 0 aliphatic rings. The highest BCUT2D eigenvalue weighted by atomic mass is 31.1.